The minimum absolute atomic E-state index is 0.284. The average molecular weight is 301 g/mol. The first-order chi connectivity index (χ1) is 9.58. The molecule has 20 heavy (non-hydrogen) atoms. The number of rotatable bonds is 10. The highest BCUT2D eigenvalue weighted by molar-refractivity contribution is 7.15. The number of methoxy groups -OCH3 is 2. The van der Waals surface area contributed by atoms with Gasteiger partial charge < -0.3 is 19.7 Å². The molecule has 1 atom stereocenters. The van der Waals surface area contributed by atoms with Crippen LogP contribution in [0.3, 0.4) is 0 Å². The van der Waals surface area contributed by atoms with Crippen LogP contribution in [0.5, 0.6) is 0 Å². The van der Waals surface area contributed by atoms with Crippen LogP contribution in [-0.4, -0.2) is 51.0 Å². The van der Waals surface area contributed by atoms with Crippen LogP contribution >= 0.6 is 11.3 Å². The van der Waals surface area contributed by atoms with Crippen LogP contribution in [0.15, 0.2) is 6.20 Å². The zero-order valence-corrected chi connectivity index (χ0v) is 14.0. The van der Waals surface area contributed by atoms with E-state index >= 15 is 0 Å². The molecule has 0 aliphatic heterocycles. The first-order valence-electron chi connectivity index (χ1n) is 7.01. The van der Waals surface area contributed by atoms with Gasteiger partial charge in [0.1, 0.15) is 0 Å². The van der Waals surface area contributed by atoms with Crippen LogP contribution in [0.1, 0.15) is 25.6 Å². The van der Waals surface area contributed by atoms with E-state index < -0.39 is 0 Å². The maximum Gasteiger partial charge on any atom is 0.185 e. The molecule has 0 aliphatic carbocycles. The lowest BCUT2D eigenvalue weighted by Gasteiger charge is -2.28. The van der Waals surface area contributed by atoms with Gasteiger partial charge in [-0.2, -0.15) is 0 Å². The molecule has 1 N–H and O–H groups in total. The van der Waals surface area contributed by atoms with Gasteiger partial charge in [0.15, 0.2) is 5.13 Å². The minimum atomic E-state index is 0.284. The van der Waals surface area contributed by atoms with E-state index in [1.807, 2.05) is 6.20 Å². The van der Waals surface area contributed by atoms with Crippen molar-refractivity contribution in [3.8, 4) is 0 Å². The molecule has 0 aromatic carbocycles. The van der Waals surface area contributed by atoms with Gasteiger partial charge in [-0.05, 0) is 6.92 Å². The van der Waals surface area contributed by atoms with E-state index in [0.717, 1.165) is 18.2 Å². The van der Waals surface area contributed by atoms with Crippen molar-refractivity contribution in [2.75, 3.05) is 38.9 Å². The molecule has 116 valence electrons. The molecule has 1 heterocycles. The summed E-state index contributed by atoms with van der Waals surface area (Å²) in [4.78, 5) is 8.04. The van der Waals surface area contributed by atoms with Crippen molar-refractivity contribution in [2.45, 2.75) is 39.4 Å². The zero-order valence-electron chi connectivity index (χ0n) is 13.2. The average Bonchev–Trinajstić information content (AvgIpc) is 2.86. The van der Waals surface area contributed by atoms with Gasteiger partial charge in [-0.25, -0.2) is 4.98 Å². The molecule has 0 fully saturated rings. The summed E-state index contributed by atoms with van der Waals surface area (Å²) in [5, 5.41) is 4.45. The molecule has 1 aromatic heterocycles. The first-order valence-corrected chi connectivity index (χ1v) is 7.82. The van der Waals surface area contributed by atoms with Crippen molar-refractivity contribution in [3.63, 3.8) is 0 Å². The van der Waals surface area contributed by atoms with E-state index in [-0.39, 0.29) is 6.04 Å². The van der Waals surface area contributed by atoms with Crippen molar-refractivity contribution >= 4 is 16.5 Å². The lowest BCUT2D eigenvalue weighted by molar-refractivity contribution is 0.171. The second kappa shape index (κ2) is 9.28. The van der Waals surface area contributed by atoms with Crippen molar-refractivity contribution in [3.05, 3.63) is 11.1 Å². The fourth-order valence-corrected chi connectivity index (χ4v) is 2.83. The van der Waals surface area contributed by atoms with Crippen molar-refractivity contribution in [2.24, 2.45) is 0 Å². The van der Waals surface area contributed by atoms with E-state index in [1.54, 1.807) is 25.6 Å². The SMILES string of the molecule is COCCN(c1ncc(CNC(C)C)s1)C(C)COC. The summed E-state index contributed by atoms with van der Waals surface area (Å²) in [5.74, 6) is 0. The summed E-state index contributed by atoms with van der Waals surface area (Å²) in [6.07, 6.45) is 1.95. The Balaban J connectivity index is 2.69. The van der Waals surface area contributed by atoms with Gasteiger partial charge in [0.2, 0.25) is 0 Å². The Bertz CT molecular complexity index is 371. The monoisotopic (exact) mass is 301 g/mol. The van der Waals surface area contributed by atoms with Crippen LogP contribution < -0.4 is 10.2 Å². The molecule has 0 aliphatic rings. The lowest BCUT2D eigenvalue weighted by Crippen LogP contribution is -2.38. The van der Waals surface area contributed by atoms with E-state index in [2.05, 4.69) is 36.0 Å². The zero-order chi connectivity index (χ0) is 15.0. The molecule has 1 rings (SSSR count). The van der Waals surface area contributed by atoms with Crippen LogP contribution in [0.4, 0.5) is 5.13 Å². The smallest absolute Gasteiger partial charge is 0.185 e. The van der Waals surface area contributed by atoms with Gasteiger partial charge in [0.05, 0.1) is 19.3 Å². The second-order valence-electron chi connectivity index (χ2n) is 5.14. The molecule has 5 nitrogen and oxygen atoms in total. The first kappa shape index (κ1) is 17.4. The third-order valence-corrected chi connectivity index (χ3v) is 3.98. The molecular formula is C14H27N3O2S. The highest BCUT2D eigenvalue weighted by atomic mass is 32.1. The van der Waals surface area contributed by atoms with Gasteiger partial charge in [-0.3, -0.25) is 0 Å². The Labute approximate surface area is 126 Å². The normalized spacial score (nSPS) is 12.9. The Morgan fingerprint density at radius 2 is 2.05 bits per heavy atom. The van der Waals surface area contributed by atoms with Crippen LogP contribution in [0, 0.1) is 0 Å². The van der Waals surface area contributed by atoms with Crippen molar-refractivity contribution in [1.29, 1.82) is 0 Å². The summed E-state index contributed by atoms with van der Waals surface area (Å²) in [6.45, 7) is 9.50. The summed E-state index contributed by atoms with van der Waals surface area (Å²) in [7, 11) is 3.45. The number of ether oxygens (including phenoxy) is 2. The standard InChI is InChI=1S/C14H27N3O2S/c1-11(2)15-8-13-9-16-14(20-13)17(6-7-18-4)12(3)10-19-5/h9,11-12,15H,6-8,10H2,1-5H3. The predicted octanol–water partition coefficient (Wildman–Crippen LogP) is 2.13. The molecule has 6 heteroatoms. The second-order valence-corrected chi connectivity index (χ2v) is 6.23. The molecule has 1 aromatic rings. The maximum absolute atomic E-state index is 5.25. The van der Waals surface area contributed by atoms with Gasteiger partial charge in [0, 0.05) is 44.4 Å². The molecular weight excluding hydrogens is 274 g/mol. The van der Waals surface area contributed by atoms with Crippen LogP contribution in [0.25, 0.3) is 0 Å². The third-order valence-electron chi connectivity index (χ3n) is 2.95. The number of hydrogen-bond donors (Lipinski definition) is 1. The quantitative estimate of drug-likeness (QED) is 0.717. The molecule has 1 unspecified atom stereocenters. The Morgan fingerprint density at radius 3 is 2.65 bits per heavy atom. The van der Waals surface area contributed by atoms with Crippen LogP contribution in [0.2, 0.25) is 0 Å². The molecule has 0 spiro atoms. The van der Waals surface area contributed by atoms with Gasteiger partial charge in [-0.15, -0.1) is 11.3 Å². The van der Waals surface area contributed by atoms with Gasteiger partial charge >= 0.3 is 0 Å². The summed E-state index contributed by atoms with van der Waals surface area (Å²) < 4.78 is 10.4. The predicted molar refractivity (Wildman–Crippen MR) is 84.6 cm³/mol. The Morgan fingerprint density at radius 1 is 1.30 bits per heavy atom. The van der Waals surface area contributed by atoms with Crippen LogP contribution in [-0.2, 0) is 16.0 Å². The number of anilines is 1. The van der Waals surface area contributed by atoms with E-state index in [1.165, 1.54) is 4.88 Å². The number of nitrogens with one attached hydrogen (secondary N) is 1. The summed E-state index contributed by atoms with van der Waals surface area (Å²) in [5.41, 5.74) is 0. The van der Waals surface area contributed by atoms with E-state index in [9.17, 15) is 0 Å². The summed E-state index contributed by atoms with van der Waals surface area (Å²) in [6, 6.07) is 0.768. The molecule has 0 saturated heterocycles. The van der Waals surface area contributed by atoms with Crippen molar-refractivity contribution in [1.82, 2.24) is 10.3 Å². The van der Waals surface area contributed by atoms with Gasteiger partial charge in [0.25, 0.3) is 0 Å². The molecule has 0 bridgehead atoms. The molecule has 0 amide bonds. The minimum Gasteiger partial charge on any atom is -0.383 e. The number of nitrogens with zero attached hydrogens (tertiary/aromatic N) is 2. The lowest BCUT2D eigenvalue weighted by atomic mass is 10.3. The van der Waals surface area contributed by atoms with Gasteiger partial charge in [-0.1, -0.05) is 13.8 Å². The number of aromatic nitrogens is 1. The fraction of sp³-hybridized carbons (Fsp3) is 0.786. The topological polar surface area (TPSA) is 46.6 Å². The molecule has 0 saturated carbocycles. The number of thiazole rings is 1. The Kier molecular flexibility index (Phi) is 8.06. The Hall–Kier alpha value is -0.690. The maximum atomic E-state index is 5.25. The molecule has 0 radical (unpaired) electrons. The fourth-order valence-electron chi connectivity index (χ4n) is 1.84. The highest BCUT2D eigenvalue weighted by Crippen LogP contribution is 2.24. The largest absolute Gasteiger partial charge is 0.383 e. The third kappa shape index (κ3) is 5.75. The highest BCUT2D eigenvalue weighted by Gasteiger charge is 2.17. The van der Waals surface area contributed by atoms with E-state index in [4.69, 9.17) is 9.47 Å². The van der Waals surface area contributed by atoms with Crippen molar-refractivity contribution < 1.29 is 9.47 Å². The van der Waals surface area contributed by atoms with E-state index in [0.29, 0.717) is 19.3 Å². The number of hydrogen-bond acceptors (Lipinski definition) is 6. The summed E-state index contributed by atoms with van der Waals surface area (Å²) >= 11 is 1.73.